The number of nitrogen functional groups attached to an aromatic ring is 1. The van der Waals surface area contributed by atoms with Gasteiger partial charge in [-0.05, 0) is 86.5 Å². The average Bonchev–Trinajstić information content (AvgIpc) is 4.28. The number of piperazine rings is 1. The number of pyridine rings is 1. The van der Waals surface area contributed by atoms with Crippen LogP contribution < -0.4 is 30.3 Å². The van der Waals surface area contributed by atoms with Crippen LogP contribution in [-0.2, 0) is 14.3 Å². The van der Waals surface area contributed by atoms with Crippen molar-refractivity contribution in [3.8, 4) is 39.2 Å². The number of nitrogens with two attached hydrogens (primary N) is 1. The van der Waals surface area contributed by atoms with Gasteiger partial charge in [0.25, 0.3) is 5.88 Å². The van der Waals surface area contributed by atoms with E-state index in [1.165, 1.54) is 22.3 Å². The highest BCUT2D eigenvalue weighted by Gasteiger charge is 2.45. The Hall–Kier alpha value is -6.94. The van der Waals surface area contributed by atoms with Crippen molar-refractivity contribution in [1.29, 1.82) is 0 Å². The molecule has 8 heterocycles. The van der Waals surface area contributed by atoms with Crippen molar-refractivity contribution in [2.75, 3.05) is 61.4 Å². The summed E-state index contributed by atoms with van der Waals surface area (Å²) in [5.41, 5.74) is 13.1. The molecule has 21 heteroatoms. The number of carbonyl (C=O) groups excluding carboxylic acids is 2. The number of thiazole rings is 1. The molecule has 4 saturated heterocycles. The first kappa shape index (κ1) is 53.1. The molecule has 0 radical (unpaired) electrons. The van der Waals surface area contributed by atoms with Crippen molar-refractivity contribution in [2.45, 2.75) is 127 Å². The summed E-state index contributed by atoms with van der Waals surface area (Å²) in [5.74, 6) is -0.573. The highest BCUT2D eigenvalue weighted by molar-refractivity contribution is 7.13. The molecule has 5 fully saturated rings. The van der Waals surface area contributed by atoms with Gasteiger partial charge in [-0.3, -0.25) is 14.5 Å². The van der Waals surface area contributed by atoms with E-state index in [2.05, 4.69) is 57.5 Å². The van der Waals surface area contributed by atoms with E-state index in [4.69, 9.17) is 24.5 Å². The molecule has 2 amide bonds. The first-order valence-corrected chi connectivity index (χ1v) is 28.1. The normalized spacial score (nSPS) is 23.3. The number of phenolic OH excluding ortho intramolecular Hbond substituents is 1. The maximum absolute atomic E-state index is 15.4. The van der Waals surface area contributed by atoms with Crippen LogP contribution in [-0.4, -0.2) is 146 Å². The quantitative estimate of drug-likeness (QED) is 0.0662. The predicted molar refractivity (Wildman–Crippen MR) is 292 cm³/mol. The summed E-state index contributed by atoms with van der Waals surface area (Å²) in [5, 5.41) is 36.7. The molecule has 4 aliphatic heterocycles. The number of anilines is 3. The Morgan fingerprint density at radius 2 is 1.69 bits per heavy atom. The second-order valence-electron chi connectivity index (χ2n) is 21.8. The van der Waals surface area contributed by atoms with Gasteiger partial charge in [0.2, 0.25) is 17.7 Å². The van der Waals surface area contributed by atoms with Gasteiger partial charge in [0.05, 0.1) is 51.8 Å². The van der Waals surface area contributed by atoms with Gasteiger partial charge in [0.15, 0.2) is 11.6 Å². The van der Waals surface area contributed by atoms with Crippen LogP contribution in [0.3, 0.4) is 0 Å². The van der Waals surface area contributed by atoms with E-state index in [9.17, 15) is 19.8 Å². The predicted octanol–water partition coefficient (Wildman–Crippen LogP) is 7.29. The van der Waals surface area contributed by atoms with Gasteiger partial charge in [-0.2, -0.15) is 0 Å². The monoisotopic (exact) mass is 1090 g/mol. The summed E-state index contributed by atoms with van der Waals surface area (Å²) < 4.78 is 40.1. The number of aryl methyl sites for hydroxylation is 1. The van der Waals surface area contributed by atoms with Crippen molar-refractivity contribution in [3.63, 3.8) is 0 Å². The number of β-amino-alcohol motifs (C(OH)–C–C–N with tert-alkyl or cyclic N) is 1. The molecule has 4 aromatic heterocycles. The summed E-state index contributed by atoms with van der Waals surface area (Å²) in [6, 6.07) is 18.6. The fourth-order valence-electron chi connectivity index (χ4n) is 12.0. The lowest BCUT2D eigenvalue weighted by Crippen LogP contribution is -2.54. The van der Waals surface area contributed by atoms with Crippen LogP contribution in [0.25, 0.3) is 21.7 Å². The van der Waals surface area contributed by atoms with Gasteiger partial charge >= 0.3 is 0 Å². The maximum atomic E-state index is 15.4. The Morgan fingerprint density at radius 3 is 2.42 bits per heavy atom. The smallest absolute Gasteiger partial charge is 0.254 e. The van der Waals surface area contributed by atoms with Crippen molar-refractivity contribution in [3.05, 3.63) is 101 Å². The molecule has 6 atom stereocenters. The van der Waals surface area contributed by atoms with Gasteiger partial charge in [-0.1, -0.05) is 38.1 Å². The first-order chi connectivity index (χ1) is 37.7. The van der Waals surface area contributed by atoms with Crippen LogP contribution >= 0.6 is 11.3 Å². The highest BCUT2D eigenvalue weighted by Crippen LogP contribution is 2.41. The number of nitrogens with zero attached hydrogens (tertiary/aromatic N) is 9. The number of benzene rings is 2. The third kappa shape index (κ3) is 11.3. The van der Waals surface area contributed by atoms with E-state index in [1.807, 2.05) is 51.2 Å². The number of halogens is 1. The van der Waals surface area contributed by atoms with Crippen LogP contribution in [0.4, 0.5) is 21.6 Å². The summed E-state index contributed by atoms with van der Waals surface area (Å²) >= 11 is 1.43. The largest absolute Gasteiger partial charge is 0.507 e. The molecular formula is C57H68FN11O8S. The summed E-state index contributed by atoms with van der Waals surface area (Å²) in [7, 11) is 0. The number of ether oxygens (including phenoxy) is 3. The summed E-state index contributed by atoms with van der Waals surface area (Å²) in [6.45, 7) is 11.7. The minimum atomic E-state index is -0.956. The minimum absolute atomic E-state index is 0.0222. The molecule has 5 aliphatic rings. The summed E-state index contributed by atoms with van der Waals surface area (Å²) in [6.07, 6.45) is 6.94. The van der Waals surface area contributed by atoms with Crippen LogP contribution in [0.15, 0.2) is 83.0 Å². The van der Waals surface area contributed by atoms with Crippen molar-refractivity contribution < 1.29 is 42.9 Å². The molecular weight excluding hydrogens is 1020 g/mol. The number of rotatable bonds is 18. The third-order valence-electron chi connectivity index (χ3n) is 16.2. The number of aliphatic hydroxyl groups excluding tert-OH is 1. The zero-order chi connectivity index (χ0) is 54.2. The minimum Gasteiger partial charge on any atom is -0.507 e. The lowest BCUT2D eigenvalue weighted by molar-refractivity contribution is -0.141. The molecule has 19 nitrogen and oxygen atoms in total. The molecule has 0 spiro atoms. The lowest BCUT2D eigenvalue weighted by Gasteiger charge is -2.43. The Morgan fingerprint density at radius 1 is 0.910 bits per heavy atom. The maximum Gasteiger partial charge on any atom is 0.254 e. The van der Waals surface area contributed by atoms with Gasteiger partial charge in [-0.25, -0.2) is 14.4 Å². The molecule has 1 aliphatic carbocycles. The van der Waals surface area contributed by atoms with Crippen molar-refractivity contribution in [1.82, 2.24) is 40.4 Å². The number of aliphatic hydroxyl groups is 1. The van der Waals surface area contributed by atoms with Gasteiger partial charge in [0, 0.05) is 106 Å². The second kappa shape index (κ2) is 22.8. The molecule has 6 aromatic rings. The number of phenols is 1. The number of carbonyl (C=O) groups is 2. The molecule has 412 valence electrons. The number of hydrogen-bond donors (Lipinski definition) is 4. The zero-order valence-corrected chi connectivity index (χ0v) is 45.2. The summed E-state index contributed by atoms with van der Waals surface area (Å²) in [4.78, 5) is 46.3. The van der Waals surface area contributed by atoms with E-state index >= 15 is 4.39 Å². The number of aromatic hydroxyl groups is 1. The molecule has 78 heavy (non-hydrogen) atoms. The molecule has 1 saturated carbocycles. The van der Waals surface area contributed by atoms with E-state index in [1.54, 1.807) is 36.7 Å². The standard InChI is InChI=1S/C57H68FN11O8S/c1-32(2)53(57(73)68-30-39(70)23-48(68)56(72)62-33(3)43-12-9-35(21-45(43)58)54-34(4)61-31-78-54)50-27-52(65-77-50)74-20-19-66-17-14-40(15-18-66)75-41-24-42(25-41)76-51-22-36(13-16-60-51)69-37-10-11-38(69)29-67(28-37)47-26-46(63-64-55(47)59)44-7-5-6-8-49(44)71/h5-9,12-13,16,21-22,26-27,31-33,37-42,48,53,70-71H,10-11,14-15,17-20,23-25,28-30H2,1-4H3,(H2,59,64)(H,62,72)/t33-,37?,38?,39+,41?,42?,48-,53+/m0/s1. The Labute approximate surface area is 456 Å². The molecule has 2 unspecified atom stereocenters. The third-order valence-corrected chi connectivity index (χ3v) is 17.2. The molecule has 2 aromatic carbocycles. The van der Waals surface area contributed by atoms with Crippen LogP contribution in [0, 0.1) is 18.7 Å². The number of likely N-dealkylation sites (tertiary alicyclic amines) is 2. The van der Waals surface area contributed by atoms with Crippen molar-refractivity contribution >= 4 is 40.3 Å². The van der Waals surface area contributed by atoms with Crippen LogP contribution in [0.1, 0.15) is 94.7 Å². The Kier molecular flexibility index (Phi) is 15.5. The van der Waals surface area contributed by atoms with E-state index < -0.39 is 35.8 Å². The van der Waals surface area contributed by atoms with Crippen LogP contribution in [0.5, 0.6) is 17.5 Å². The van der Waals surface area contributed by atoms with Gasteiger partial charge in [-0.15, -0.1) is 21.5 Å². The van der Waals surface area contributed by atoms with Crippen LogP contribution in [0.2, 0.25) is 0 Å². The topological polar surface area (TPSA) is 231 Å². The highest BCUT2D eigenvalue weighted by atomic mass is 32.1. The number of nitrogens with one attached hydrogen (secondary N) is 1. The first-order valence-electron chi connectivity index (χ1n) is 27.3. The molecule has 11 rings (SSSR count). The fraction of sp³-hybridized carbons (Fsp3) is 0.491. The van der Waals surface area contributed by atoms with Gasteiger partial charge < -0.3 is 54.7 Å². The Bertz CT molecular complexity index is 3080. The van der Waals surface area contributed by atoms with E-state index in [0.717, 1.165) is 86.6 Å². The number of amides is 2. The number of aromatic nitrogens is 5. The van der Waals surface area contributed by atoms with E-state index in [-0.39, 0.29) is 66.8 Å². The number of piperidine rings is 1. The SMILES string of the molecule is Cc1ncsc1-c1ccc([C@H](C)NC(=O)[C@@H]2C[C@@H](O)CN2C(=O)[C@@H](c2cc(OCCN3CCC(OC4CC(Oc5cc(N6C7CCC6CN(c6cc(-c8ccccc8O)nnc6N)C7)ccn5)C4)CC3)no2)C(C)C)c(F)c1. The number of hydrogen-bond acceptors (Lipinski definition) is 18. The van der Waals surface area contributed by atoms with Crippen molar-refractivity contribution in [2.24, 2.45) is 5.92 Å². The molecule has 5 N–H and O–H groups in total. The van der Waals surface area contributed by atoms with E-state index in [0.29, 0.717) is 53.0 Å². The number of para-hydroxylation sites is 1. The second-order valence-corrected chi connectivity index (χ2v) is 22.7. The van der Waals surface area contributed by atoms with Gasteiger partial charge in [0.1, 0.15) is 36.2 Å². The fourth-order valence-corrected chi connectivity index (χ4v) is 12.8. The Balaban J connectivity index is 0.604. The average molecular weight is 1090 g/mol. The lowest BCUT2D eigenvalue weighted by atomic mass is 9.91. The number of fused-ring (bicyclic) bond motifs is 2. The zero-order valence-electron chi connectivity index (χ0n) is 44.4. The molecule has 2 bridgehead atoms.